The molecule has 1 atom stereocenters. The summed E-state index contributed by atoms with van der Waals surface area (Å²) < 4.78 is 0. The number of nitrogens with zero attached hydrogens (tertiary/aromatic N) is 2. The van der Waals surface area contributed by atoms with Gasteiger partial charge in [-0.1, -0.05) is 0 Å². The van der Waals surface area contributed by atoms with Gasteiger partial charge in [0.05, 0.1) is 0 Å². The van der Waals surface area contributed by atoms with E-state index in [4.69, 9.17) is 0 Å². The number of hydrogen-bond acceptors (Lipinski definition) is 4. The van der Waals surface area contributed by atoms with E-state index in [1.807, 2.05) is 19.1 Å². The molecule has 1 fully saturated rings. The normalized spacial score (nSPS) is 18.6. The first-order valence-electron chi connectivity index (χ1n) is 7.36. The summed E-state index contributed by atoms with van der Waals surface area (Å²) in [6, 6.07) is 3.82. The Hall–Kier alpha value is -1.62. The molecule has 1 aliphatic heterocycles. The maximum absolute atomic E-state index is 11.8. The van der Waals surface area contributed by atoms with E-state index in [1.165, 1.54) is 12.8 Å². The molecule has 2 heterocycles. The number of pyridine rings is 1. The van der Waals surface area contributed by atoms with Crippen molar-refractivity contribution in [2.75, 3.05) is 38.1 Å². The first-order chi connectivity index (χ1) is 9.70. The second-order valence-electron chi connectivity index (χ2n) is 5.35. The Morgan fingerprint density at radius 3 is 3.15 bits per heavy atom. The van der Waals surface area contributed by atoms with Crippen molar-refractivity contribution in [1.29, 1.82) is 0 Å². The third-order valence-electron chi connectivity index (χ3n) is 3.69. The van der Waals surface area contributed by atoms with Crippen molar-refractivity contribution in [1.82, 2.24) is 15.6 Å². The van der Waals surface area contributed by atoms with Gasteiger partial charge in [0, 0.05) is 32.0 Å². The molecule has 5 nitrogen and oxygen atoms in total. The van der Waals surface area contributed by atoms with Gasteiger partial charge in [-0.25, -0.2) is 0 Å². The van der Waals surface area contributed by atoms with Gasteiger partial charge in [0.2, 0.25) is 0 Å². The molecular weight excluding hydrogens is 252 g/mol. The van der Waals surface area contributed by atoms with E-state index in [0.29, 0.717) is 18.2 Å². The molecule has 0 saturated carbocycles. The number of carbonyl (C=O) groups excluding carboxylic acids is 1. The monoisotopic (exact) mass is 276 g/mol. The van der Waals surface area contributed by atoms with Crippen molar-refractivity contribution >= 4 is 11.6 Å². The molecule has 0 spiro atoms. The molecule has 2 rings (SSSR count). The van der Waals surface area contributed by atoms with Crippen molar-refractivity contribution in [3.8, 4) is 0 Å². The topological polar surface area (TPSA) is 57.3 Å². The van der Waals surface area contributed by atoms with Crippen molar-refractivity contribution in [3.05, 3.63) is 24.0 Å². The lowest BCUT2D eigenvalue weighted by molar-refractivity contribution is 0.0951. The van der Waals surface area contributed by atoms with E-state index in [9.17, 15) is 4.79 Å². The fraction of sp³-hybridized carbons (Fsp3) is 0.600. The summed E-state index contributed by atoms with van der Waals surface area (Å²) in [6.07, 6.45) is 4.22. The third kappa shape index (κ3) is 3.93. The Labute approximate surface area is 120 Å². The van der Waals surface area contributed by atoms with Gasteiger partial charge in [-0.15, -0.1) is 0 Å². The molecule has 1 amide bonds. The lowest BCUT2D eigenvalue weighted by Crippen LogP contribution is -2.37. The molecule has 1 aromatic heterocycles. The van der Waals surface area contributed by atoms with Crippen LogP contribution in [-0.4, -0.2) is 44.1 Å². The van der Waals surface area contributed by atoms with Crippen molar-refractivity contribution in [2.45, 2.75) is 19.8 Å². The van der Waals surface area contributed by atoms with E-state index in [1.54, 1.807) is 6.20 Å². The Bertz CT molecular complexity index is 443. The van der Waals surface area contributed by atoms with Gasteiger partial charge in [-0.05, 0) is 50.9 Å². The summed E-state index contributed by atoms with van der Waals surface area (Å²) in [7, 11) is 2.07. The van der Waals surface area contributed by atoms with Gasteiger partial charge in [-0.2, -0.15) is 0 Å². The molecule has 1 aliphatic rings. The van der Waals surface area contributed by atoms with Crippen LogP contribution >= 0.6 is 0 Å². The molecule has 1 saturated heterocycles. The van der Waals surface area contributed by atoms with Crippen LogP contribution in [0, 0.1) is 5.92 Å². The highest BCUT2D eigenvalue weighted by atomic mass is 16.1. The second-order valence-corrected chi connectivity index (χ2v) is 5.35. The number of hydrogen-bond donors (Lipinski definition) is 2. The van der Waals surface area contributed by atoms with Gasteiger partial charge >= 0.3 is 0 Å². The summed E-state index contributed by atoms with van der Waals surface area (Å²) in [5.41, 5.74) is 1.53. The molecule has 1 unspecified atom stereocenters. The smallest absolute Gasteiger partial charge is 0.269 e. The first kappa shape index (κ1) is 14.8. The number of anilines is 1. The second kappa shape index (κ2) is 7.24. The fourth-order valence-electron chi connectivity index (χ4n) is 2.60. The number of amides is 1. The minimum atomic E-state index is -0.109. The SMILES string of the molecule is CCNC(=O)c1cc(N(C)CC2CCCNC2)ccn1. The number of piperidine rings is 1. The molecule has 1 aromatic rings. The lowest BCUT2D eigenvalue weighted by Gasteiger charge is -2.29. The highest BCUT2D eigenvalue weighted by Gasteiger charge is 2.16. The van der Waals surface area contributed by atoms with Crippen molar-refractivity contribution in [3.63, 3.8) is 0 Å². The van der Waals surface area contributed by atoms with Crippen LogP contribution in [-0.2, 0) is 0 Å². The minimum Gasteiger partial charge on any atom is -0.374 e. The Morgan fingerprint density at radius 1 is 1.60 bits per heavy atom. The quantitative estimate of drug-likeness (QED) is 0.850. The third-order valence-corrected chi connectivity index (χ3v) is 3.69. The zero-order chi connectivity index (χ0) is 14.4. The average Bonchev–Trinajstić information content (AvgIpc) is 2.48. The fourth-order valence-corrected chi connectivity index (χ4v) is 2.60. The molecule has 0 radical (unpaired) electrons. The Kier molecular flexibility index (Phi) is 5.35. The molecular formula is C15H24N4O. The summed E-state index contributed by atoms with van der Waals surface area (Å²) in [6.45, 7) is 5.75. The van der Waals surface area contributed by atoms with Crippen molar-refractivity contribution < 1.29 is 4.79 Å². The summed E-state index contributed by atoms with van der Waals surface area (Å²) in [4.78, 5) is 18.2. The van der Waals surface area contributed by atoms with E-state index in [0.717, 1.165) is 25.3 Å². The molecule has 0 bridgehead atoms. The molecule has 110 valence electrons. The minimum absolute atomic E-state index is 0.109. The summed E-state index contributed by atoms with van der Waals surface area (Å²) in [5, 5.41) is 6.21. The molecule has 20 heavy (non-hydrogen) atoms. The van der Waals surface area contributed by atoms with Crippen LogP contribution in [0.25, 0.3) is 0 Å². The molecule has 2 N–H and O–H groups in total. The maximum atomic E-state index is 11.8. The van der Waals surface area contributed by atoms with E-state index < -0.39 is 0 Å². The van der Waals surface area contributed by atoms with Crippen LogP contribution in [0.4, 0.5) is 5.69 Å². The van der Waals surface area contributed by atoms with Crippen molar-refractivity contribution in [2.24, 2.45) is 5.92 Å². The standard InChI is InChI=1S/C15H24N4O/c1-3-17-15(20)14-9-13(6-8-18-14)19(2)11-12-5-4-7-16-10-12/h6,8-9,12,16H,3-5,7,10-11H2,1-2H3,(H,17,20). The first-order valence-corrected chi connectivity index (χ1v) is 7.36. The average molecular weight is 276 g/mol. The van der Waals surface area contributed by atoms with Gasteiger partial charge < -0.3 is 15.5 Å². The number of rotatable bonds is 5. The number of aromatic nitrogens is 1. The van der Waals surface area contributed by atoms with Gasteiger partial charge in [0.1, 0.15) is 5.69 Å². The van der Waals surface area contributed by atoms with E-state index >= 15 is 0 Å². The van der Waals surface area contributed by atoms with Crippen LogP contribution in [0.1, 0.15) is 30.3 Å². The van der Waals surface area contributed by atoms with Crippen LogP contribution in [0.2, 0.25) is 0 Å². The van der Waals surface area contributed by atoms with Gasteiger partial charge in [0.15, 0.2) is 0 Å². The summed E-state index contributed by atoms with van der Waals surface area (Å²) >= 11 is 0. The zero-order valence-corrected chi connectivity index (χ0v) is 12.4. The maximum Gasteiger partial charge on any atom is 0.269 e. The van der Waals surface area contributed by atoms with Gasteiger partial charge in [0.25, 0.3) is 5.91 Å². The van der Waals surface area contributed by atoms with Gasteiger partial charge in [-0.3, -0.25) is 9.78 Å². The largest absolute Gasteiger partial charge is 0.374 e. The predicted molar refractivity (Wildman–Crippen MR) is 81.1 cm³/mol. The van der Waals surface area contributed by atoms with Crippen LogP contribution < -0.4 is 15.5 Å². The number of carbonyl (C=O) groups is 1. The highest BCUT2D eigenvalue weighted by Crippen LogP contribution is 2.17. The zero-order valence-electron chi connectivity index (χ0n) is 12.4. The van der Waals surface area contributed by atoms with E-state index in [2.05, 4.69) is 27.6 Å². The van der Waals surface area contributed by atoms with E-state index in [-0.39, 0.29) is 5.91 Å². The Morgan fingerprint density at radius 2 is 2.45 bits per heavy atom. The summed E-state index contributed by atoms with van der Waals surface area (Å²) in [5.74, 6) is 0.567. The van der Waals surface area contributed by atoms with Crippen LogP contribution in [0.5, 0.6) is 0 Å². The molecule has 5 heteroatoms. The number of nitrogens with one attached hydrogen (secondary N) is 2. The lowest BCUT2D eigenvalue weighted by atomic mass is 9.99. The predicted octanol–water partition coefficient (Wildman–Crippen LogP) is 1.27. The highest BCUT2D eigenvalue weighted by molar-refractivity contribution is 5.93. The van der Waals surface area contributed by atoms with Crippen LogP contribution in [0.3, 0.4) is 0 Å². The molecule has 0 aliphatic carbocycles. The molecule has 0 aromatic carbocycles. The Balaban J connectivity index is 2.00. The van der Waals surface area contributed by atoms with Crippen LogP contribution in [0.15, 0.2) is 18.3 Å².